The second-order valence-corrected chi connectivity index (χ2v) is 2.40. The number of rotatable bonds is 2. The molecule has 0 bridgehead atoms. The Labute approximate surface area is 80.4 Å². The second kappa shape index (κ2) is 4.83. The summed E-state index contributed by atoms with van der Waals surface area (Å²) in [4.78, 5) is 0. The number of nitrogens with two attached hydrogens (primary N) is 1. The fourth-order valence-corrected chi connectivity index (χ4v) is 0.772. The molecule has 0 saturated carbocycles. The molecule has 0 spiro atoms. The van der Waals surface area contributed by atoms with Crippen molar-refractivity contribution in [2.45, 2.75) is 0 Å². The first-order valence-corrected chi connectivity index (χ1v) is 3.78. The molecule has 0 aliphatic heterocycles. The molecule has 1 rings (SSSR count). The predicted octanol–water partition coefficient (Wildman–Crippen LogP) is 0.0196. The smallest absolute Gasteiger partial charge is 0.237 e. The Kier molecular flexibility index (Phi) is 3.45. The highest BCUT2D eigenvalue weighted by atomic mass is 16.5. The number of phenols is 1. The third kappa shape index (κ3) is 2.76. The van der Waals surface area contributed by atoms with Crippen LogP contribution in [0.1, 0.15) is 5.56 Å². The summed E-state index contributed by atoms with van der Waals surface area (Å²) in [6.07, 6.45) is 1.32. The average molecular weight is 194 g/mol. The summed E-state index contributed by atoms with van der Waals surface area (Å²) < 4.78 is 0. The van der Waals surface area contributed by atoms with Gasteiger partial charge in [-0.1, -0.05) is 12.1 Å². The summed E-state index contributed by atoms with van der Waals surface area (Å²) in [5, 5.41) is 24.5. The van der Waals surface area contributed by atoms with Crippen LogP contribution in [0.2, 0.25) is 0 Å². The lowest BCUT2D eigenvalue weighted by Gasteiger charge is -1.95. The Morgan fingerprint density at radius 3 is 2.79 bits per heavy atom. The molecule has 0 unspecified atom stereocenters. The fourth-order valence-electron chi connectivity index (χ4n) is 0.772. The number of phenolic OH excluding ortho intramolecular Hbond substituents is 1. The van der Waals surface area contributed by atoms with Crippen molar-refractivity contribution in [1.82, 2.24) is 5.48 Å². The van der Waals surface area contributed by atoms with Gasteiger partial charge in [0.05, 0.1) is 6.21 Å². The van der Waals surface area contributed by atoms with Gasteiger partial charge in [-0.3, -0.25) is 5.21 Å². The standard InChI is InChI=1S/C8H10N4O2/c9-8(12-14)11-10-5-6-3-1-2-4-7(6)13/h1-5,13-14H,(H3,9,11,12)/b10-5+. The van der Waals surface area contributed by atoms with Gasteiger partial charge in [0.15, 0.2) is 0 Å². The lowest BCUT2D eigenvalue weighted by molar-refractivity contribution is 0.232. The van der Waals surface area contributed by atoms with Crippen molar-refractivity contribution < 1.29 is 10.3 Å². The molecule has 0 fully saturated rings. The summed E-state index contributed by atoms with van der Waals surface area (Å²) in [6, 6.07) is 6.63. The van der Waals surface area contributed by atoms with E-state index in [0.29, 0.717) is 5.56 Å². The maximum atomic E-state index is 9.30. The van der Waals surface area contributed by atoms with Crippen molar-refractivity contribution >= 4 is 12.2 Å². The zero-order chi connectivity index (χ0) is 10.4. The number of guanidine groups is 1. The fraction of sp³-hybridized carbons (Fsp3) is 0. The molecule has 1 aromatic carbocycles. The van der Waals surface area contributed by atoms with Gasteiger partial charge in [-0.25, -0.2) is 5.48 Å². The number of aromatic hydroxyl groups is 1. The van der Waals surface area contributed by atoms with Gasteiger partial charge >= 0.3 is 0 Å². The van der Waals surface area contributed by atoms with Gasteiger partial charge in [0.1, 0.15) is 5.75 Å². The minimum absolute atomic E-state index is 0.0991. The average Bonchev–Trinajstić information content (AvgIpc) is 2.20. The van der Waals surface area contributed by atoms with E-state index in [1.54, 1.807) is 23.7 Å². The van der Waals surface area contributed by atoms with Crippen LogP contribution in [0, 0.1) is 0 Å². The molecule has 0 amide bonds. The summed E-state index contributed by atoms with van der Waals surface area (Å²) in [6.45, 7) is 0. The Hall–Kier alpha value is -2.08. The molecular formula is C8H10N4O2. The monoisotopic (exact) mass is 194 g/mol. The number of nitrogens with zero attached hydrogens (tertiary/aromatic N) is 2. The van der Waals surface area contributed by atoms with Gasteiger partial charge in [-0.2, -0.15) is 5.10 Å². The van der Waals surface area contributed by atoms with Crippen LogP contribution in [-0.4, -0.2) is 22.5 Å². The first-order chi connectivity index (χ1) is 6.74. The SMILES string of the molecule is N/C(=N/N=C/c1ccccc1O)NO. The van der Waals surface area contributed by atoms with Gasteiger partial charge in [-0.05, 0) is 12.1 Å². The number of hydrogen-bond donors (Lipinski definition) is 4. The number of benzene rings is 1. The number of hydroxylamine groups is 1. The van der Waals surface area contributed by atoms with E-state index in [1.807, 2.05) is 0 Å². The van der Waals surface area contributed by atoms with Crippen molar-refractivity contribution in [1.29, 1.82) is 0 Å². The number of para-hydroxylation sites is 1. The maximum absolute atomic E-state index is 9.30. The summed E-state index contributed by atoms with van der Waals surface area (Å²) >= 11 is 0. The third-order valence-electron chi connectivity index (χ3n) is 1.41. The van der Waals surface area contributed by atoms with Crippen LogP contribution in [0.25, 0.3) is 0 Å². The molecule has 6 nitrogen and oxygen atoms in total. The first kappa shape index (κ1) is 10.0. The van der Waals surface area contributed by atoms with E-state index < -0.39 is 0 Å². The Morgan fingerprint density at radius 2 is 2.14 bits per heavy atom. The highest BCUT2D eigenvalue weighted by molar-refractivity contribution is 5.84. The van der Waals surface area contributed by atoms with Gasteiger partial charge in [-0.15, -0.1) is 5.10 Å². The van der Waals surface area contributed by atoms with Crippen LogP contribution < -0.4 is 11.2 Å². The minimum Gasteiger partial charge on any atom is -0.507 e. The second-order valence-electron chi connectivity index (χ2n) is 2.40. The zero-order valence-electron chi connectivity index (χ0n) is 7.25. The molecule has 5 N–H and O–H groups in total. The third-order valence-corrected chi connectivity index (χ3v) is 1.41. The minimum atomic E-state index is -0.225. The molecule has 74 valence electrons. The van der Waals surface area contributed by atoms with Gasteiger partial charge in [0.25, 0.3) is 0 Å². The molecule has 0 saturated heterocycles. The molecule has 6 heteroatoms. The molecule has 0 atom stereocenters. The van der Waals surface area contributed by atoms with E-state index in [9.17, 15) is 5.11 Å². The molecule has 1 aromatic rings. The predicted molar refractivity (Wildman–Crippen MR) is 52.2 cm³/mol. The van der Waals surface area contributed by atoms with Gasteiger partial charge in [0.2, 0.25) is 5.96 Å². The highest BCUT2D eigenvalue weighted by Crippen LogP contribution is 2.12. The van der Waals surface area contributed by atoms with E-state index in [1.165, 1.54) is 12.3 Å². The molecular weight excluding hydrogens is 184 g/mol. The molecule has 0 aliphatic carbocycles. The zero-order valence-corrected chi connectivity index (χ0v) is 7.25. The number of nitrogens with one attached hydrogen (secondary N) is 1. The topological polar surface area (TPSA) is 103 Å². The van der Waals surface area contributed by atoms with E-state index in [0.717, 1.165) is 0 Å². The molecule has 0 aliphatic rings. The van der Waals surface area contributed by atoms with Crippen molar-refractivity contribution in [2.75, 3.05) is 0 Å². The van der Waals surface area contributed by atoms with Crippen LogP contribution >= 0.6 is 0 Å². The van der Waals surface area contributed by atoms with E-state index in [4.69, 9.17) is 10.9 Å². The van der Waals surface area contributed by atoms with Crippen LogP contribution in [0.5, 0.6) is 5.75 Å². The van der Waals surface area contributed by atoms with E-state index >= 15 is 0 Å². The van der Waals surface area contributed by atoms with Crippen molar-refractivity contribution in [3.8, 4) is 5.75 Å². The normalized spacial score (nSPS) is 11.9. The Bertz CT molecular complexity index is 362. The number of hydrogen-bond acceptors (Lipinski definition) is 4. The maximum Gasteiger partial charge on any atom is 0.237 e. The van der Waals surface area contributed by atoms with Crippen LogP contribution in [0.3, 0.4) is 0 Å². The van der Waals surface area contributed by atoms with E-state index in [-0.39, 0.29) is 11.7 Å². The summed E-state index contributed by atoms with van der Waals surface area (Å²) in [5.74, 6) is -0.126. The first-order valence-electron chi connectivity index (χ1n) is 3.78. The lowest BCUT2D eigenvalue weighted by Crippen LogP contribution is -2.27. The quantitative estimate of drug-likeness (QED) is 0.302. The Morgan fingerprint density at radius 1 is 1.43 bits per heavy atom. The highest BCUT2D eigenvalue weighted by Gasteiger charge is 1.93. The van der Waals surface area contributed by atoms with Crippen molar-refractivity contribution in [3.63, 3.8) is 0 Å². The summed E-state index contributed by atoms with van der Waals surface area (Å²) in [5.41, 5.74) is 7.22. The van der Waals surface area contributed by atoms with Crippen LogP contribution in [0.15, 0.2) is 34.5 Å². The molecule has 0 radical (unpaired) electrons. The largest absolute Gasteiger partial charge is 0.507 e. The van der Waals surface area contributed by atoms with Crippen LogP contribution in [0.4, 0.5) is 0 Å². The van der Waals surface area contributed by atoms with Gasteiger partial charge in [0, 0.05) is 5.56 Å². The molecule has 0 aromatic heterocycles. The van der Waals surface area contributed by atoms with Gasteiger partial charge < -0.3 is 10.8 Å². The summed E-state index contributed by atoms with van der Waals surface area (Å²) in [7, 11) is 0. The van der Waals surface area contributed by atoms with Crippen LogP contribution in [-0.2, 0) is 0 Å². The van der Waals surface area contributed by atoms with Crippen molar-refractivity contribution in [3.05, 3.63) is 29.8 Å². The molecule has 14 heavy (non-hydrogen) atoms. The Balaban J connectivity index is 2.74. The van der Waals surface area contributed by atoms with E-state index in [2.05, 4.69) is 10.2 Å². The molecule has 0 heterocycles. The van der Waals surface area contributed by atoms with Crippen molar-refractivity contribution in [2.24, 2.45) is 15.9 Å². The lowest BCUT2D eigenvalue weighted by atomic mass is 10.2.